The maximum absolute atomic E-state index is 12.8. The number of anilines is 1. The number of benzene rings is 3. The molecule has 0 bridgehead atoms. The van der Waals surface area contributed by atoms with Gasteiger partial charge < -0.3 is 10.2 Å². The lowest BCUT2D eigenvalue weighted by Gasteiger charge is -2.22. The van der Waals surface area contributed by atoms with Gasteiger partial charge in [-0.1, -0.05) is 60.7 Å². The summed E-state index contributed by atoms with van der Waals surface area (Å²) in [5.74, 6) is -1.69. The minimum atomic E-state index is -4.47. The van der Waals surface area contributed by atoms with E-state index in [-0.39, 0.29) is 18.8 Å². The first-order valence-electron chi connectivity index (χ1n) is 9.18. The fourth-order valence-electron chi connectivity index (χ4n) is 2.88. The van der Waals surface area contributed by atoms with Crippen molar-refractivity contribution in [3.63, 3.8) is 0 Å². The lowest BCUT2D eigenvalue weighted by Crippen LogP contribution is -2.38. The highest BCUT2D eigenvalue weighted by atomic mass is 19.4. The van der Waals surface area contributed by atoms with Gasteiger partial charge in [0.2, 0.25) is 0 Å². The molecule has 3 rings (SSSR count). The van der Waals surface area contributed by atoms with Crippen LogP contribution in [0.1, 0.15) is 16.7 Å². The summed E-state index contributed by atoms with van der Waals surface area (Å²) in [7, 11) is 0. The van der Waals surface area contributed by atoms with Crippen molar-refractivity contribution in [1.29, 1.82) is 0 Å². The second kappa shape index (κ2) is 9.26. The molecule has 7 heteroatoms. The van der Waals surface area contributed by atoms with Crippen molar-refractivity contribution in [2.75, 3.05) is 5.32 Å². The summed E-state index contributed by atoms with van der Waals surface area (Å²) in [5, 5.41) is 2.37. The normalized spacial score (nSPS) is 11.0. The Balaban J connectivity index is 1.74. The molecule has 0 radical (unpaired) electrons. The maximum Gasteiger partial charge on any atom is 0.416 e. The van der Waals surface area contributed by atoms with Crippen LogP contribution in [0.4, 0.5) is 18.9 Å². The molecule has 0 aliphatic rings. The van der Waals surface area contributed by atoms with Crippen molar-refractivity contribution in [3.05, 3.63) is 102 Å². The van der Waals surface area contributed by atoms with E-state index in [2.05, 4.69) is 5.32 Å². The molecule has 3 aromatic carbocycles. The smallest absolute Gasteiger partial charge is 0.326 e. The van der Waals surface area contributed by atoms with Crippen LogP contribution >= 0.6 is 0 Å². The molecule has 3 aromatic rings. The number of halogens is 3. The van der Waals surface area contributed by atoms with Gasteiger partial charge in [-0.3, -0.25) is 9.59 Å². The molecule has 0 aliphatic carbocycles. The van der Waals surface area contributed by atoms with Gasteiger partial charge in [-0.05, 0) is 35.4 Å². The van der Waals surface area contributed by atoms with E-state index in [4.69, 9.17) is 0 Å². The van der Waals surface area contributed by atoms with Gasteiger partial charge in [0.25, 0.3) is 0 Å². The Morgan fingerprint density at radius 2 is 1.20 bits per heavy atom. The topological polar surface area (TPSA) is 49.4 Å². The summed E-state index contributed by atoms with van der Waals surface area (Å²) in [5.41, 5.74) is 0.982. The summed E-state index contributed by atoms with van der Waals surface area (Å²) < 4.78 is 38.0. The highest BCUT2D eigenvalue weighted by molar-refractivity contribution is 6.39. The Bertz CT molecular complexity index is 947. The van der Waals surface area contributed by atoms with Gasteiger partial charge in [0, 0.05) is 18.8 Å². The molecule has 30 heavy (non-hydrogen) atoms. The van der Waals surface area contributed by atoms with Crippen LogP contribution in [0.2, 0.25) is 0 Å². The number of hydrogen-bond donors (Lipinski definition) is 1. The van der Waals surface area contributed by atoms with Gasteiger partial charge in [-0.2, -0.15) is 13.2 Å². The summed E-state index contributed by atoms with van der Waals surface area (Å²) in [6, 6.07) is 22.4. The molecule has 0 saturated heterocycles. The van der Waals surface area contributed by atoms with Gasteiger partial charge in [0.15, 0.2) is 0 Å². The standard InChI is InChI=1S/C23H19F3N2O2/c24-23(25,26)19-11-13-20(14-12-19)27-21(29)22(30)28(15-17-7-3-1-4-8-17)16-18-9-5-2-6-10-18/h1-14H,15-16H2,(H,27,29). The van der Waals surface area contributed by atoms with Gasteiger partial charge in [-0.15, -0.1) is 0 Å². The SMILES string of the molecule is O=C(Nc1ccc(C(F)(F)F)cc1)C(=O)N(Cc1ccccc1)Cc1ccccc1. The van der Waals surface area contributed by atoms with E-state index in [1.807, 2.05) is 60.7 Å². The third kappa shape index (κ3) is 5.70. The van der Waals surface area contributed by atoms with Crippen LogP contribution in [0.25, 0.3) is 0 Å². The van der Waals surface area contributed by atoms with E-state index in [0.717, 1.165) is 35.4 Å². The van der Waals surface area contributed by atoms with E-state index in [1.54, 1.807) is 0 Å². The molecule has 0 aromatic heterocycles. The van der Waals surface area contributed by atoms with Gasteiger partial charge in [-0.25, -0.2) is 0 Å². The Hall–Kier alpha value is -3.61. The maximum atomic E-state index is 12.8. The van der Waals surface area contributed by atoms with Crippen molar-refractivity contribution >= 4 is 17.5 Å². The molecule has 0 fully saturated rings. The summed E-state index contributed by atoms with van der Waals surface area (Å²) in [6.45, 7) is 0.435. The van der Waals surface area contributed by atoms with Crippen LogP contribution in [0.5, 0.6) is 0 Å². The summed E-state index contributed by atoms with van der Waals surface area (Å²) in [6.07, 6.45) is -4.47. The van der Waals surface area contributed by atoms with Gasteiger partial charge >= 0.3 is 18.0 Å². The predicted octanol–water partition coefficient (Wildman–Crippen LogP) is 4.87. The second-order valence-corrected chi connectivity index (χ2v) is 6.66. The largest absolute Gasteiger partial charge is 0.416 e. The average molecular weight is 412 g/mol. The first-order valence-corrected chi connectivity index (χ1v) is 9.18. The molecular formula is C23H19F3N2O2. The molecule has 0 saturated carbocycles. The van der Waals surface area contributed by atoms with Crippen molar-refractivity contribution in [2.24, 2.45) is 0 Å². The molecule has 0 spiro atoms. The molecule has 0 aliphatic heterocycles. The average Bonchev–Trinajstić information content (AvgIpc) is 2.74. The molecule has 154 valence electrons. The zero-order valence-electron chi connectivity index (χ0n) is 15.9. The quantitative estimate of drug-likeness (QED) is 0.608. The fraction of sp³-hybridized carbons (Fsp3) is 0.130. The molecule has 2 amide bonds. The lowest BCUT2D eigenvalue weighted by atomic mass is 10.1. The van der Waals surface area contributed by atoms with E-state index in [1.165, 1.54) is 4.90 Å². The van der Waals surface area contributed by atoms with Gasteiger partial charge in [0.05, 0.1) is 5.56 Å². The van der Waals surface area contributed by atoms with Crippen LogP contribution in [0.15, 0.2) is 84.9 Å². The first kappa shape index (κ1) is 21.1. The number of carbonyl (C=O) groups excluding carboxylic acids is 2. The highest BCUT2D eigenvalue weighted by Gasteiger charge is 2.30. The number of nitrogens with one attached hydrogen (secondary N) is 1. The summed E-state index contributed by atoms with van der Waals surface area (Å²) in [4.78, 5) is 26.7. The van der Waals surface area contributed by atoms with Crippen LogP contribution in [0.3, 0.4) is 0 Å². The van der Waals surface area contributed by atoms with Crippen LogP contribution in [-0.4, -0.2) is 16.7 Å². The van der Waals surface area contributed by atoms with Crippen molar-refractivity contribution in [1.82, 2.24) is 4.90 Å². The lowest BCUT2D eigenvalue weighted by molar-refractivity contribution is -0.144. The third-order valence-electron chi connectivity index (χ3n) is 4.38. The Morgan fingerprint density at radius 3 is 1.63 bits per heavy atom. The van der Waals surface area contributed by atoms with E-state index in [9.17, 15) is 22.8 Å². The third-order valence-corrected chi connectivity index (χ3v) is 4.38. The molecular weight excluding hydrogens is 393 g/mol. The monoisotopic (exact) mass is 412 g/mol. The van der Waals surface area contributed by atoms with Crippen LogP contribution in [0, 0.1) is 0 Å². The van der Waals surface area contributed by atoms with E-state index in [0.29, 0.717) is 0 Å². The number of hydrogen-bond acceptors (Lipinski definition) is 2. The summed E-state index contributed by atoms with van der Waals surface area (Å²) >= 11 is 0. The fourth-order valence-corrected chi connectivity index (χ4v) is 2.88. The number of carbonyl (C=O) groups is 2. The molecule has 0 unspecified atom stereocenters. The number of nitrogens with zero attached hydrogens (tertiary/aromatic N) is 1. The highest BCUT2D eigenvalue weighted by Crippen LogP contribution is 2.29. The molecule has 0 atom stereocenters. The Labute approximate surface area is 171 Å². The first-order chi connectivity index (χ1) is 14.3. The van der Waals surface area contributed by atoms with Crippen molar-refractivity contribution < 1.29 is 22.8 Å². The molecule has 1 N–H and O–H groups in total. The van der Waals surface area contributed by atoms with E-state index < -0.39 is 23.6 Å². The minimum Gasteiger partial charge on any atom is -0.326 e. The zero-order chi connectivity index (χ0) is 21.6. The zero-order valence-corrected chi connectivity index (χ0v) is 15.9. The minimum absolute atomic E-state index is 0.112. The number of alkyl halides is 3. The van der Waals surface area contributed by atoms with Gasteiger partial charge in [0.1, 0.15) is 0 Å². The van der Waals surface area contributed by atoms with Crippen molar-refractivity contribution in [2.45, 2.75) is 19.3 Å². The van der Waals surface area contributed by atoms with E-state index >= 15 is 0 Å². The number of rotatable bonds is 5. The van der Waals surface area contributed by atoms with Crippen LogP contribution < -0.4 is 5.32 Å². The Morgan fingerprint density at radius 1 is 0.733 bits per heavy atom. The second-order valence-electron chi connectivity index (χ2n) is 6.66. The number of amides is 2. The molecule has 0 heterocycles. The Kier molecular flexibility index (Phi) is 6.51. The van der Waals surface area contributed by atoms with Crippen LogP contribution in [-0.2, 0) is 28.9 Å². The predicted molar refractivity (Wildman–Crippen MR) is 107 cm³/mol. The van der Waals surface area contributed by atoms with Crippen molar-refractivity contribution in [3.8, 4) is 0 Å². The molecule has 4 nitrogen and oxygen atoms in total.